The molecule has 6 nitrogen and oxygen atoms in total. The van der Waals surface area contributed by atoms with Gasteiger partial charge in [0.25, 0.3) is 5.56 Å². The molecule has 124 valence electrons. The predicted octanol–water partition coefficient (Wildman–Crippen LogP) is 2.69. The van der Waals surface area contributed by atoms with Gasteiger partial charge in [0.15, 0.2) is 0 Å². The van der Waals surface area contributed by atoms with Gasteiger partial charge in [-0.3, -0.25) is 14.3 Å². The van der Waals surface area contributed by atoms with Crippen LogP contribution in [0.2, 0.25) is 0 Å². The molecule has 0 bridgehead atoms. The minimum atomic E-state index is -0.396. The van der Waals surface area contributed by atoms with Crippen molar-refractivity contribution in [3.05, 3.63) is 56.7 Å². The number of rotatable bonds is 6. The maximum absolute atomic E-state index is 12.2. The van der Waals surface area contributed by atoms with Crippen molar-refractivity contribution >= 4 is 5.82 Å². The summed E-state index contributed by atoms with van der Waals surface area (Å²) in [5.74, 6) is 1.17. The lowest BCUT2D eigenvalue weighted by molar-refractivity contribution is 0.414. The Labute approximate surface area is 135 Å². The monoisotopic (exact) mass is 317 g/mol. The van der Waals surface area contributed by atoms with Crippen LogP contribution in [-0.2, 0) is 0 Å². The van der Waals surface area contributed by atoms with E-state index in [1.165, 1.54) is 10.6 Å². The molecular weight excluding hydrogens is 294 g/mol. The summed E-state index contributed by atoms with van der Waals surface area (Å²) in [6.07, 6.45) is 0.718. The van der Waals surface area contributed by atoms with E-state index in [0.717, 1.165) is 17.7 Å². The lowest BCUT2D eigenvalue weighted by atomic mass is 10.1. The molecule has 2 rings (SSSR count). The largest absolute Gasteiger partial charge is 0.497 e. The van der Waals surface area contributed by atoms with Crippen molar-refractivity contribution in [2.24, 2.45) is 0 Å². The number of anilines is 1. The first-order chi connectivity index (χ1) is 11.0. The van der Waals surface area contributed by atoms with Gasteiger partial charge >= 0.3 is 5.69 Å². The second-order valence-corrected chi connectivity index (χ2v) is 5.60. The van der Waals surface area contributed by atoms with Crippen LogP contribution in [0.1, 0.15) is 44.8 Å². The molecule has 0 radical (unpaired) electrons. The quantitative estimate of drug-likeness (QED) is 0.859. The summed E-state index contributed by atoms with van der Waals surface area (Å²) >= 11 is 0. The summed E-state index contributed by atoms with van der Waals surface area (Å²) in [5, 5.41) is 3.15. The van der Waals surface area contributed by atoms with Gasteiger partial charge in [-0.1, -0.05) is 19.1 Å². The van der Waals surface area contributed by atoms with Gasteiger partial charge in [-0.15, -0.1) is 0 Å². The van der Waals surface area contributed by atoms with E-state index >= 15 is 0 Å². The highest BCUT2D eigenvalue weighted by molar-refractivity contribution is 5.39. The lowest BCUT2D eigenvalue weighted by Gasteiger charge is -2.17. The summed E-state index contributed by atoms with van der Waals surface area (Å²) in [4.78, 5) is 27.0. The summed E-state index contributed by atoms with van der Waals surface area (Å²) in [5.41, 5.74) is 0.298. The Morgan fingerprint density at radius 3 is 2.61 bits per heavy atom. The fraction of sp³-hybridized carbons (Fsp3) is 0.412. The second-order valence-electron chi connectivity index (χ2n) is 5.60. The van der Waals surface area contributed by atoms with Crippen LogP contribution in [0.4, 0.5) is 5.82 Å². The average Bonchev–Trinajstić information content (AvgIpc) is 2.53. The normalized spacial score (nSPS) is 13.4. The van der Waals surface area contributed by atoms with Crippen molar-refractivity contribution in [2.45, 2.75) is 39.3 Å². The second kappa shape index (κ2) is 7.17. The Hall–Kier alpha value is -2.50. The molecule has 0 amide bonds. The lowest BCUT2D eigenvalue weighted by Crippen LogP contribution is -2.37. The zero-order valence-corrected chi connectivity index (χ0v) is 13.9. The zero-order valence-electron chi connectivity index (χ0n) is 13.9. The van der Waals surface area contributed by atoms with Crippen molar-refractivity contribution < 1.29 is 4.74 Å². The molecule has 6 heteroatoms. The van der Waals surface area contributed by atoms with E-state index < -0.39 is 5.69 Å². The van der Waals surface area contributed by atoms with Crippen LogP contribution in [-0.4, -0.2) is 16.7 Å². The van der Waals surface area contributed by atoms with E-state index in [1.54, 1.807) is 7.11 Å². The molecule has 0 unspecified atom stereocenters. The minimum absolute atomic E-state index is 0.0837. The van der Waals surface area contributed by atoms with Crippen LogP contribution >= 0.6 is 0 Å². The number of nitrogens with one attached hydrogen (secondary N) is 2. The van der Waals surface area contributed by atoms with Crippen molar-refractivity contribution in [1.29, 1.82) is 0 Å². The number of nitrogens with zero attached hydrogens (tertiary/aromatic N) is 1. The molecule has 0 aliphatic rings. The van der Waals surface area contributed by atoms with Gasteiger partial charge in [0.1, 0.15) is 11.6 Å². The number of hydrogen-bond acceptors (Lipinski definition) is 4. The topological polar surface area (TPSA) is 76.1 Å². The molecule has 1 heterocycles. The van der Waals surface area contributed by atoms with E-state index in [1.807, 2.05) is 45.0 Å². The number of hydrogen-bond donors (Lipinski definition) is 2. The van der Waals surface area contributed by atoms with Crippen LogP contribution in [0.3, 0.4) is 0 Å². The number of methoxy groups -OCH3 is 1. The van der Waals surface area contributed by atoms with Gasteiger partial charge in [0.05, 0.1) is 13.2 Å². The van der Waals surface area contributed by atoms with Gasteiger partial charge in [-0.2, -0.15) is 0 Å². The Kier molecular flexibility index (Phi) is 5.26. The van der Waals surface area contributed by atoms with E-state index in [-0.39, 0.29) is 17.6 Å². The first kappa shape index (κ1) is 16.9. The first-order valence-corrected chi connectivity index (χ1v) is 7.72. The molecule has 0 saturated carbocycles. The maximum Gasteiger partial charge on any atom is 0.330 e. The highest BCUT2D eigenvalue weighted by atomic mass is 16.5. The molecule has 2 atom stereocenters. The summed E-state index contributed by atoms with van der Waals surface area (Å²) in [6.45, 7) is 5.74. The fourth-order valence-corrected chi connectivity index (χ4v) is 2.41. The molecule has 2 N–H and O–H groups in total. The van der Waals surface area contributed by atoms with Gasteiger partial charge in [0, 0.05) is 12.1 Å². The van der Waals surface area contributed by atoms with Crippen molar-refractivity contribution in [1.82, 2.24) is 9.55 Å². The molecule has 1 aromatic heterocycles. The van der Waals surface area contributed by atoms with E-state index in [2.05, 4.69) is 10.3 Å². The predicted molar refractivity (Wildman–Crippen MR) is 91.4 cm³/mol. The molecule has 0 aliphatic heterocycles. The summed E-state index contributed by atoms with van der Waals surface area (Å²) < 4.78 is 6.45. The molecule has 0 aliphatic carbocycles. The number of aromatic nitrogens is 2. The summed E-state index contributed by atoms with van der Waals surface area (Å²) in [6, 6.07) is 8.84. The van der Waals surface area contributed by atoms with Gasteiger partial charge in [0.2, 0.25) is 0 Å². The van der Waals surface area contributed by atoms with Crippen LogP contribution < -0.4 is 21.3 Å². The molecule has 23 heavy (non-hydrogen) atoms. The average molecular weight is 317 g/mol. The zero-order chi connectivity index (χ0) is 17.0. The Morgan fingerprint density at radius 1 is 1.26 bits per heavy atom. The molecule has 1 aromatic carbocycles. The summed E-state index contributed by atoms with van der Waals surface area (Å²) in [7, 11) is 1.61. The number of benzene rings is 1. The number of ether oxygens (including phenoxy) is 1. The Balaban J connectivity index is 2.26. The first-order valence-electron chi connectivity index (χ1n) is 7.72. The van der Waals surface area contributed by atoms with E-state index in [9.17, 15) is 9.59 Å². The third-order valence-corrected chi connectivity index (χ3v) is 3.96. The van der Waals surface area contributed by atoms with Crippen molar-refractivity contribution in [2.75, 3.05) is 12.4 Å². The highest BCUT2D eigenvalue weighted by Gasteiger charge is 2.12. The van der Waals surface area contributed by atoms with Crippen LogP contribution in [0.15, 0.2) is 39.9 Å². The van der Waals surface area contributed by atoms with Gasteiger partial charge in [-0.05, 0) is 38.0 Å². The smallest absolute Gasteiger partial charge is 0.330 e. The van der Waals surface area contributed by atoms with Gasteiger partial charge in [-0.25, -0.2) is 4.79 Å². The highest BCUT2D eigenvalue weighted by Crippen LogP contribution is 2.21. The Morgan fingerprint density at radius 2 is 2.00 bits per heavy atom. The molecule has 0 spiro atoms. The van der Waals surface area contributed by atoms with E-state index in [0.29, 0.717) is 5.82 Å². The maximum atomic E-state index is 12.2. The van der Waals surface area contributed by atoms with Crippen LogP contribution in [0.5, 0.6) is 5.75 Å². The number of aromatic amines is 1. The molecule has 0 saturated heterocycles. The Bertz CT molecular complexity index is 748. The minimum Gasteiger partial charge on any atom is -0.497 e. The molecule has 2 aromatic rings. The third-order valence-electron chi connectivity index (χ3n) is 3.96. The van der Waals surface area contributed by atoms with E-state index in [4.69, 9.17) is 4.74 Å². The van der Waals surface area contributed by atoms with Crippen LogP contribution in [0.25, 0.3) is 0 Å². The molecular formula is C17H23N3O3. The molecule has 0 fully saturated rings. The third kappa shape index (κ3) is 3.83. The standard InChI is InChI=1S/C17H23N3O3/c1-5-11(2)20-16(21)10-15(19-17(20)22)18-12(3)13-7-6-8-14(9-13)23-4/h6-12,18H,5H2,1-4H3,(H,19,22)/t11-,12+/m1/s1. The fourth-order valence-electron chi connectivity index (χ4n) is 2.41. The number of H-pyrrole nitrogens is 1. The van der Waals surface area contributed by atoms with Crippen molar-refractivity contribution in [3.63, 3.8) is 0 Å². The van der Waals surface area contributed by atoms with Gasteiger partial charge < -0.3 is 10.1 Å². The SMILES string of the molecule is CC[C@@H](C)n1c(=O)cc(N[C@@H](C)c2cccc(OC)c2)[nH]c1=O. The van der Waals surface area contributed by atoms with Crippen molar-refractivity contribution in [3.8, 4) is 5.75 Å². The van der Waals surface area contributed by atoms with Crippen LogP contribution in [0, 0.1) is 0 Å².